The number of halogens is 1. The van der Waals surface area contributed by atoms with Crippen LogP contribution in [-0.4, -0.2) is 28.9 Å². The van der Waals surface area contributed by atoms with Crippen molar-refractivity contribution in [1.29, 1.82) is 0 Å². The van der Waals surface area contributed by atoms with Crippen molar-refractivity contribution in [3.8, 4) is 5.75 Å². The third-order valence-electron chi connectivity index (χ3n) is 1.98. The lowest BCUT2D eigenvalue weighted by Gasteiger charge is -2.11. The molecule has 1 rings (SSSR count). The summed E-state index contributed by atoms with van der Waals surface area (Å²) in [6.07, 6.45) is -1.33. The highest BCUT2D eigenvalue weighted by Gasteiger charge is 2.10. The molecule has 1 aromatic carbocycles. The molecule has 0 aliphatic rings. The van der Waals surface area contributed by atoms with E-state index in [1.54, 1.807) is 18.2 Å². The third-order valence-corrected chi connectivity index (χ3v) is 2.41. The molecule has 16 heavy (non-hydrogen) atoms. The Balaban J connectivity index is 2.48. The Morgan fingerprint density at radius 3 is 2.81 bits per heavy atom. The minimum Gasteiger partial charge on any atom is -0.491 e. The monoisotopic (exact) mass is 244 g/mol. The van der Waals surface area contributed by atoms with Crippen LogP contribution in [0, 0.1) is 6.92 Å². The van der Waals surface area contributed by atoms with Gasteiger partial charge < -0.3 is 14.9 Å². The van der Waals surface area contributed by atoms with Gasteiger partial charge in [0.1, 0.15) is 12.4 Å². The molecule has 0 radical (unpaired) electrons. The fraction of sp³-hybridized carbons (Fsp3) is 0.364. The summed E-state index contributed by atoms with van der Waals surface area (Å²) < 4.78 is 5.23. The van der Waals surface area contributed by atoms with Gasteiger partial charge in [0.2, 0.25) is 0 Å². The standard InChI is InChI=1S/C11H13ClO4/c1-7-4-9(2-3-10(7)12)16-6-8(13)5-11(14)15/h2-4,8,13H,5-6H2,1H3,(H,14,15). The molecule has 0 fully saturated rings. The molecular formula is C11H13ClO4. The van der Waals surface area contributed by atoms with E-state index in [0.717, 1.165) is 5.56 Å². The van der Waals surface area contributed by atoms with Crippen LogP contribution in [0.4, 0.5) is 0 Å². The maximum atomic E-state index is 10.3. The van der Waals surface area contributed by atoms with Crippen molar-refractivity contribution >= 4 is 17.6 Å². The van der Waals surface area contributed by atoms with Crippen molar-refractivity contribution in [2.75, 3.05) is 6.61 Å². The van der Waals surface area contributed by atoms with Crippen molar-refractivity contribution < 1.29 is 19.7 Å². The number of carboxylic acid groups (broad SMARTS) is 1. The number of carbonyl (C=O) groups is 1. The van der Waals surface area contributed by atoms with Gasteiger partial charge in [0.05, 0.1) is 12.5 Å². The number of rotatable bonds is 5. The van der Waals surface area contributed by atoms with Crippen LogP contribution in [0.3, 0.4) is 0 Å². The van der Waals surface area contributed by atoms with Crippen molar-refractivity contribution in [2.45, 2.75) is 19.4 Å². The van der Waals surface area contributed by atoms with Crippen LogP contribution in [0.25, 0.3) is 0 Å². The lowest BCUT2D eigenvalue weighted by atomic mass is 10.2. The quantitative estimate of drug-likeness (QED) is 0.830. The van der Waals surface area contributed by atoms with E-state index in [0.29, 0.717) is 10.8 Å². The number of ether oxygens (including phenoxy) is 1. The van der Waals surface area contributed by atoms with E-state index in [2.05, 4.69) is 0 Å². The Kier molecular flexibility index (Phi) is 4.58. The highest BCUT2D eigenvalue weighted by Crippen LogP contribution is 2.21. The first kappa shape index (κ1) is 12.8. The van der Waals surface area contributed by atoms with Gasteiger partial charge in [0, 0.05) is 5.02 Å². The van der Waals surface area contributed by atoms with Crippen LogP contribution in [0.5, 0.6) is 5.75 Å². The Labute approximate surface area is 98.4 Å². The molecule has 0 aromatic heterocycles. The summed E-state index contributed by atoms with van der Waals surface area (Å²) in [5.74, 6) is -0.491. The Morgan fingerprint density at radius 1 is 1.56 bits per heavy atom. The van der Waals surface area contributed by atoms with Crippen LogP contribution < -0.4 is 4.74 Å². The van der Waals surface area contributed by atoms with Gasteiger partial charge in [0.25, 0.3) is 0 Å². The van der Waals surface area contributed by atoms with E-state index >= 15 is 0 Å². The fourth-order valence-corrected chi connectivity index (χ4v) is 1.28. The molecule has 0 heterocycles. The number of carboxylic acids is 1. The predicted octanol–water partition coefficient (Wildman–Crippen LogP) is 1.86. The summed E-state index contributed by atoms with van der Waals surface area (Å²) >= 11 is 5.83. The second-order valence-corrected chi connectivity index (χ2v) is 3.88. The van der Waals surface area contributed by atoms with Crippen LogP contribution in [0.2, 0.25) is 5.02 Å². The normalized spacial score (nSPS) is 12.2. The molecule has 5 heteroatoms. The van der Waals surface area contributed by atoms with Crippen molar-refractivity contribution in [3.63, 3.8) is 0 Å². The molecule has 0 spiro atoms. The topological polar surface area (TPSA) is 66.8 Å². The summed E-state index contributed by atoms with van der Waals surface area (Å²) in [7, 11) is 0. The van der Waals surface area contributed by atoms with Crippen LogP contribution >= 0.6 is 11.6 Å². The molecule has 88 valence electrons. The highest BCUT2D eigenvalue weighted by atomic mass is 35.5. The Morgan fingerprint density at radius 2 is 2.25 bits per heavy atom. The molecule has 1 atom stereocenters. The zero-order valence-corrected chi connectivity index (χ0v) is 9.57. The van der Waals surface area contributed by atoms with Crippen molar-refractivity contribution in [1.82, 2.24) is 0 Å². The van der Waals surface area contributed by atoms with Gasteiger partial charge >= 0.3 is 5.97 Å². The van der Waals surface area contributed by atoms with Gasteiger partial charge in [-0.2, -0.15) is 0 Å². The Bertz CT molecular complexity index is 378. The number of hydrogen-bond acceptors (Lipinski definition) is 3. The molecule has 1 unspecified atom stereocenters. The number of aliphatic carboxylic acids is 1. The highest BCUT2D eigenvalue weighted by molar-refractivity contribution is 6.31. The number of aliphatic hydroxyl groups is 1. The molecule has 0 aliphatic carbocycles. The van der Waals surface area contributed by atoms with Crippen LogP contribution in [0.1, 0.15) is 12.0 Å². The lowest BCUT2D eigenvalue weighted by molar-refractivity contribution is -0.139. The largest absolute Gasteiger partial charge is 0.491 e. The number of aliphatic hydroxyl groups excluding tert-OH is 1. The molecular weight excluding hydrogens is 232 g/mol. The molecule has 0 bridgehead atoms. The van der Waals surface area contributed by atoms with Gasteiger partial charge in [-0.1, -0.05) is 11.6 Å². The second kappa shape index (κ2) is 5.72. The van der Waals surface area contributed by atoms with Gasteiger partial charge in [-0.05, 0) is 30.7 Å². The van der Waals surface area contributed by atoms with Crippen molar-refractivity contribution in [3.05, 3.63) is 28.8 Å². The molecule has 0 aliphatic heterocycles. The number of aryl methyl sites for hydroxylation is 1. The maximum absolute atomic E-state index is 10.3. The van der Waals surface area contributed by atoms with E-state index in [-0.39, 0.29) is 13.0 Å². The molecule has 2 N–H and O–H groups in total. The molecule has 0 amide bonds. The van der Waals surface area contributed by atoms with Gasteiger partial charge in [-0.15, -0.1) is 0 Å². The average molecular weight is 245 g/mol. The van der Waals surface area contributed by atoms with Crippen LogP contribution in [0.15, 0.2) is 18.2 Å². The lowest BCUT2D eigenvalue weighted by Crippen LogP contribution is -2.21. The molecule has 0 saturated carbocycles. The van der Waals surface area contributed by atoms with E-state index in [9.17, 15) is 9.90 Å². The molecule has 0 saturated heterocycles. The summed E-state index contributed by atoms with van der Waals surface area (Å²) in [6, 6.07) is 5.09. The SMILES string of the molecule is Cc1cc(OCC(O)CC(=O)O)ccc1Cl. The second-order valence-electron chi connectivity index (χ2n) is 3.47. The van der Waals surface area contributed by atoms with Crippen LogP contribution in [-0.2, 0) is 4.79 Å². The summed E-state index contributed by atoms with van der Waals surface area (Å²) in [4.78, 5) is 10.3. The molecule has 1 aromatic rings. The zero-order valence-electron chi connectivity index (χ0n) is 8.81. The first-order chi connectivity index (χ1) is 7.49. The van der Waals surface area contributed by atoms with E-state index in [4.69, 9.17) is 21.4 Å². The predicted molar refractivity (Wildman–Crippen MR) is 59.9 cm³/mol. The first-order valence-corrected chi connectivity index (χ1v) is 5.15. The Hall–Kier alpha value is -1.26. The van der Waals surface area contributed by atoms with Gasteiger partial charge in [-0.3, -0.25) is 4.79 Å². The third kappa shape index (κ3) is 4.08. The number of benzene rings is 1. The average Bonchev–Trinajstić information content (AvgIpc) is 2.19. The smallest absolute Gasteiger partial charge is 0.306 e. The number of hydrogen-bond donors (Lipinski definition) is 2. The summed E-state index contributed by atoms with van der Waals surface area (Å²) in [5, 5.41) is 18.3. The van der Waals surface area contributed by atoms with E-state index in [1.807, 2.05) is 6.92 Å². The summed E-state index contributed by atoms with van der Waals surface area (Å²) in [6.45, 7) is 1.79. The van der Waals surface area contributed by atoms with Gasteiger partial charge in [0.15, 0.2) is 0 Å². The maximum Gasteiger partial charge on any atom is 0.306 e. The zero-order chi connectivity index (χ0) is 12.1. The fourth-order valence-electron chi connectivity index (χ4n) is 1.16. The minimum atomic E-state index is -1.05. The van der Waals surface area contributed by atoms with Crippen molar-refractivity contribution in [2.24, 2.45) is 0 Å². The van der Waals surface area contributed by atoms with Gasteiger partial charge in [-0.25, -0.2) is 0 Å². The van der Waals surface area contributed by atoms with E-state index in [1.165, 1.54) is 0 Å². The first-order valence-electron chi connectivity index (χ1n) is 4.78. The van der Waals surface area contributed by atoms with E-state index < -0.39 is 12.1 Å². The summed E-state index contributed by atoms with van der Waals surface area (Å²) in [5.41, 5.74) is 0.867. The molecule has 4 nitrogen and oxygen atoms in total. The minimum absolute atomic E-state index is 0.0482.